The minimum Gasteiger partial charge on any atom is -0.379 e. The van der Waals surface area contributed by atoms with Gasteiger partial charge in [-0.15, -0.1) is 24.0 Å². The molecule has 0 spiro atoms. The van der Waals surface area contributed by atoms with Gasteiger partial charge in [0.05, 0.1) is 19.8 Å². The lowest BCUT2D eigenvalue weighted by atomic mass is 10.2. The van der Waals surface area contributed by atoms with Gasteiger partial charge >= 0.3 is 0 Å². The zero-order valence-corrected chi connectivity index (χ0v) is 19.3. The lowest BCUT2D eigenvalue weighted by Gasteiger charge is -2.32. The van der Waals surface area contributed by atoms with E-state index in [1.807, 2.05) is 13.1 Å². The fourth-order valence-corrected chi connectivity index (χ4v) is 3.80. The van der Waals surface area contributed by atoms with Gasteiger partial charge in [0.1, 0.15) is 0 Å². The number of hydrogen-bond donors (Lipinski definition) is 1. The summed E-state index contributed by atoms with van der Waals surface area (Å²) in [6, 6.07) is 11.0. The summed E-state index contributed by atoms with van der Waals surface area (Å²) in [6.45, 7) is 8.47. The first-order valence-electron chi connectivity index (χ1n) is 10.3. The van der Waals surface area contributed by atoms with E-state index in [2.05, 4.69) is 44.4 Å². The van der Waals surface area contributed by atoms with Gasteiger partial charge in [0.2, 0.25) is 0 Å². The van der Waals surface area contributed by atoms with Crippen LogP contribution in [0.5, 0.6) is 0 Å². The molecule has 2 heterocycles. The molecule has 3 rings (SSSR count). The Morgan fingerprint density at radius 1 is 1.18 bits per heavy atom. The molecule has 158 valence electrons. The molecule has 1 aromatic rings. The Labute approximate surface area is 186 Å². The predicted molar refractivity (Wildman–Crippen MR) is 124 cm³/mol. The van der Waals surface area contributed by atoms with Crippen LogP contribution in [0.15, 0.2) is 35.3 Å². The highest BCUT2D eigenvalue weighted by Crippen LogP contribution is 2.17. The number of aliphatic imine (C=N–C) groups is 1. The minimum atomic E-state index is 0. The third kappa shape index (κ3) is 7.50. The molecule has 0 aromatic heterocycles. The summed E-state index contributed by atoms with van der Waals surface area (Å²) in [5, 5.41) is 3.52. The van der Waals surface area contributed by atoms with Gasteiger partial charge < -0.3 is 19.7 Å². The number of morpholine rings is 1. The van der Waals surface area contributed by atoms with Crippen LogP contribution in [-0.2, 0) is 16.1 Å². The Hall–Kier alpha value is -0.900. The molecule has 1 N–H and O–H groups in total. The monoisotopic (exact) mass is 502 g/mol. The Morgan fingerprint density at radius 2 is 1.96 bits per heavy atom. The van der Waals surface area contributed by atoms with Crippen molar-refractivity contribution in [3.63, 3.8) is 0 Å². The zero-order chi connectivity index (χ0) is 18.7. The van der Waals surface area contributed by atoms with E-state index in [1.165, 1.54) is 12.0 Å². The van der Waals surface area contributed by atoms with Crippen LogP contribution in [0.3, 0.4) is 0 Å². The molecule has 0 saturated carbocycles. The van der Waals surface area contributed by atoms with Crippen LogP contribution in [0, 0.1) is 0 Å². The van der Waals surface area contributed by atoms with Gasteiger partial charge in [0.15, 0.2) is 5.96 Å². The van der Waals surface area contributed by atoms with Crippen LogP contribution >= 0.6 is 24.0 Å². The SMILES string of the molecule is CN=C(NCCCCOCc1ccccc1)N1CCC(N2CCOCC2)C1.I. The number of nitrogens with zero attached hydrogens (tertiary/aromatic N) is 3. The summed E-state index contributed by atoms with van der Waals surface area (Å²) in [7, 11) is 1.88. The topological polar surface area (TPSA) is 49.3 Å². The molecule has 0 bridgehead atoms. The second-order valence-electron chi connectivity index (χ2n) is 7.26. The third-order valence-electron chi connectivity index (χ3n) is 5.35. The molecule has 1 atom stereocenters. The molecule has 2 fully saturated rings. The van der Waals surface area contributed by atoms with Gasteiger partial charge in [-0.05, 0) is 24.8 Å². The van der Waals surface area contributed by atoms with Crippen LogP contribution in [0.25, 0.3) is 0 Å². The van der Waals surface area contributed by atoms with Crippen LogP contribution in [0.2, 0.25) is 0 Å². The standard InChI is InChI=1S/C21H34N4O2.HI/c1-22-21(25-11-9-20(17-25)24-12-15-26-16-13-24)23-10-5-6-14-27-18-19-7-3-2-4-8-19;/h2-4,7-8,20H,5-6,9-18H2,1H3,(H,22,23);1H. The van der Waals surface area contributed by atoms with E-state index >= 15 is 0 Å². The number of rotatable bonds is 8. The predicted octanol–water partition coefficient (Wildman–Crippen LogP) is 2.58. The largest absolute Gasteiger partial charge is 0.379 e. The molecule has 2 aliphatic rings. The fourth-order valence-electron chi connectivity index (χ4n) is 3.80. The van der Waals surface area contributed by atoms with Crippen molar-refractivity contribution in [2.24, 2.45) is 4.99 Å². The average molecular weight is 502 g/mol. The fraction of sp³-hybridized carbons (Fsp3) is 0.667. The van der Waals surface area contributed by atoms with Gasteiger partial charge in [0, 0.05) is 52.4 Å². The highest BCUT2D eigenvalue weighted by Gasteiger charge is 2.30. The highest BCUT2D eigenvalue weighted by atomic mass is 127. The number of benzene rings is 1. The van der Waals surface area contributed by atoms with E-state index in [0.29, 0.717) is 12.6 Å². The van der Waals surface area contributed by atoms with E-state index in [1.54, 1.807) is 0 Å². The Kier molecular flexibility index (Phi) is 11.1. The van der Waals surface area contributed by atoms with Crippen molar-refractivity contribution in [3.05, 3.63) is 35.9 Å². The number of nitrogens with one attached hydrogen (secondary N) is 1. The van der Waals surface area contributed by atoms with E-state index in [-0.39, 0.29) is 24.0 Å². The number of ether oxygens (including phenoxy) is 2. The number of guanidine groups is 1. The third-order valence-corrected chi connectivity index (χ3v) is 5.35. The summed E-state index contributed by atoms with van der Waals surface area (Å²) in [4.78, 5) is 9.45. The molecule has 0 amide bonds. The van der Waals surface area contributed by atoms with E-state index in [4.69, 9.17) is 9.47 Å². The molecule has 0 radical (unpaired) electrons. The maximum atomic E-state index is 5.75. The Balaban J connectivity index is 0.00000280. The van der Waals surface area contributed by atoms with Crippen LogP contribution in [-0.4, -0.2) is 81.4 Å². The number of halogens is 1. The van der Waals surface area contributed by atoms with Crippen LogP contribution < -0.4 is 5.32 Å². The normalized spacial score (nSPS) is 20.8. The summed E-state index contributed by atoms with van der Waals surface area (Å²) >= 11 is 0. The van der Waals surface area contributed by atoms with Crippen molar-refractivity contribution < 1.29 is 9.47 Å². The lowest BCUT2D eigenvalue weighted by molar-refractivity contribution is 0.0195. The van der Waals surface area contributed by atoms with E-state index < -0.39 is 0 Å². The first-order chi connectivity index (χ1) is 13.4. The number of likely N-dealkylation sites (tertiary alicyclic amines) is 1. The molecule has 1 unspecified atom stereocenters. The van der Waals surface area contributed by atoms with Crippen molar-refractivity contribution in [2.75, 3.05) is 59.6 Å². The molecular formula is C21H35IN4O2. The molecule has 0 aliphatic carbocycles. The number of unbranched alkanes of at least 4 members (excludes halogenated alkanes) is 1. The summed E-state index contributed by atoms with van der Waals surface area (Å²) in [6.07, 6.45) is 3.37. The van der Waals surface area contributed by atoms with Crippen molar-refractivity contribution in [2.45, 2.75) is 31.9 Å². The molecule has 1 aromatic carbocycles. The minimum absolute atomic E-state index is 0. The molecular weight excluding hydrogens is 467 g/mol. The summed E-state index contributed by atoms with van der Waals surface area (Å²) in [5.74, 6) is 1.04. The van der Waals surface area contributed by atoms with Gasteiger partial charge in [-0.2, -0.15) is 0 Å². The zero-order valence-electron chi connectivity index (χ0n) is 17.0. The molecule has 2 aliphatic heterocycles. The van der Waals surface area contributed by atoms with Gasteiger partial charge in [-0.3, -0.25) is 9.89 Å². The van der Waals surface area contributed by atoms with Crippen molar-refractivity contribution in [1.82, 2.24) is 15.1 Å². The van der Waals surface area contributed by atoms with Crippen LogP contribution in [0.1, 0.15) is 24.8 Å². The molecule has 2 saturated heterocycles. The second-order valence-corrected chi connectivity index (χ2v) is 7.26. The first-order valence-corrected chi connectivity index (χ1v) is 10.3. The van der Waals surface area contributed by atoms with E-state index in [9.17, 15) is 0 Å². The lowest BCUT2D eigenvalue weighted by Crippen LogP contribution is -2.46. The number of hydrogen-bond acceptors (Lipinski definition) is 4. The van der Waals surface area contributed by atoms with E-state index in [0.717, 1.165) is 71.3 Å². The Bertz CT molecular complexity index is 567. The smallest absolute Gasteiger partial charge is 0.193 e. The quantitative estimate of drug-likeness (QED) is 0.257. The Morgan fingerprint density at radius 3 is 2.71 bits per heavy atom. The van der Waals surface area contributed by atoms with Gasteiger partial charge in [-0.25, -0.2) is 0 Å². The molecule has 6 nitrogen and oxygen atoms in total. The van der Waals surface area contributed by atoms with Gasteiger partial charge in [0.25, 0.3) is 0 Å². The van der Waals surface area contributed by atoms with Crippen molar-refractivity contribution in [3.8, 4) is 0 Å². The molecule has 28 heavy (non-hydrogen) atoms. The highest BCUT2D eigenvalue weighted by molar-refractivity contribution is 14.0. The van der Waals surface area contributed by atoms with Crippen LogP contribution in [0.4, 0.5) is 0 Å². The summed E-state index contributed by atoms with van der Waals surface area (Å²) in [5.41, 5.74) is 1.24. The average Bonchev–Trinajstić information content (AvgIpc) is 3.21. The maximum Gasteiger partial charge on any atom is 0.193 e. The van der Waals surface area contributed by atoms with Crippen molar-refractivity contribution in [1.29, 1.82) is 0 Å². The van der Waals surface area contributed by atoms with Gasteiger partial charge in [-0.1, -0.05) is 30.3 Å². The maximum absolute atomic E-state index is 5.75. The molecule has 7 heteroatoms. The summed E-state index contributed by atoms with van der Waals surface area (Å²) < 4.78 is 11.2. The first kappa shape index (κ1) is 23.4. The van der Waals surface area contributed by atoms with Crippen molar-refractivity contribution >= 4 is 29.9 Å². The second kappa shape index (κ2) is 13.3.